The van der Waals surface area contributed by atoms with Crippen molar-refractivity contribution in [2.24, 2.45) is 0 Å². The van der Waals surface area contributed by atoms with Crippen LogP contribution in [0.5, 0.6) is 23.0 Å². The molecule has 0 heterocycles. The fourth-order valence-corrected chi connectivity index (χ4v) is 3.66. The van der Waals surface area contributed by atoms with Gasteiger partial charge in [-0.3, -0.25) is 0 Å². The highest BCUT2D eigenvalue weighted by Gasteiger charge is 2.28. The van der Waals surface area contributed by atoms with Crippen molar-refractivity contribution in [3.8, 4) is 34.1 Å². The van der Waals surface area contributed by atoms with Crippen LogP contribution in [0.4, 0.5) is 0 Å². The molecule has 6 nitrogen and oxygen atoms in total. The number of carbonyl (C=O) groups excluding carboxylic acids is 1. The molecule has 0 saturated carbocycles. The highest BCUT2D eigenvalue weighted by Crippen LogP contribution is 2.49. The predicted octanol–water partition coefficient (Wildman–Crippen LogP) is 4.05. The maximum Gasteiger partial charge on any atom is 0.341 e. The summed E-state index contributed by atoms with van der Waals surface area (Å²) >= 11 is 0. The minimum absolute atomic E-state index is 0.0539. The zero-order chi connectivity index (χ0) is 20.4. The number of rotatable bonds is 6. The highest BCUT2D eigenvalue weighted by atomic mass is 16.5. The van der Waals surface area contributed by atoms with E-state index in [0.29, 0.717) is 28.6 Å². The van der Waals surface area contributed by atoms with E-state index in [1.807, 2.05) is 32.0 Å². The van der Waals surface area contributed by atoms with Gasteiger partial charge >= 0.3 is 5.97 Å². The van der Waals surface area contributed by atoms with Gasteiger partial charge in [-0.1, -0.05) is 0 Å². The Bertz CT molecular complexity index is 901. The summed E-state index contributed by atoms with van der Waals surface area (Å²) in [5, 5.41) is 0. The fraction of sp³-hybridized carbons (Fsp3) is 0.409. The first-order valence-corrected chi connectivity index (χ1v) is 9.19. The number of esters is 1. The van der Waals surface area contributed by atoms with E-state index in [4.69, 9.17) is 23.7 Å². The third kappa shape index (κ3) is 3.35. The number of methoxy groups -OCH3 is 4. The Morgan fingerprint density at radius 1 is 0.857 bits per heavy atom. The second-order valence-electron chi connectivity index (χ2n) is 6.84. The van der Waals surface area contributed by atoms with Gasteiger partial charge in [-0.25, -0.2) is 4.79 Å². The molecule has 1 aliphatic carbocycles. The summed E-state index contributed by atoms with van der Waals surface area (Å²) in [6, 6.07) is 5.70. The number of carbonyl (C=O) groups is 1. The maximum atomic E-state index is 12.4. The first kappa shape index (κ1) is 19.9. The van der Waals surface area contributed by atoms with Gasteiger partial charge in [0.1, 0.15) is 11.3 Å². The van der Waals surface area contributed by atoms with Crippen molar-refractivity contribution in [3.05, 3.63) is 34.9 Å². The number of hydrogen-bond donors (Lipinski definition) is 0. The molecule has 6 heteroatoms. The fourth-order valence-electron chi connectivity index (χ4n) is 3.66. The van der Waals surface area contributed by atoms with Crippen molar-refractivity contribution in [1.82, 2.24) is 0 Å². The van der Waals surface area contributed by atoms with Crippen LogP contribution in [0.2, 0.25) is 0 Å². The zero-order valence-corrected chi connectivity index (χ0v) is 17.2. The normalized spacial score (nSPS) is 12.1. The molecule has 0 bridgehead atoms. The minimum Gasteiger partial charge on any atom is -0.493 e. The summed E-state index contributed by atoms with van der Waals surface area (Å²) in [7, 11) is 6.17. The molecular weight excluding hydrogens is 360 g/mol. The molecule has 0 fully saturated rings. The summed E-state index contributed by atoms with van der Waals surface area (Å²) in [4.78, 5) is 12.4. The van der Waals surface area contributed by atoms with E-state index < -0.39 is 5.97 Å². The molecule has 0 spiro atoms. The molecule has 0 unspecified atom stereocenters. The monoisotopic (exact) mass is 386 g/mol. The molecule has 0 atom stereocenters. The quantitative estimate of drug-likeness (QED) is 0.698. The average molecular weight is 386 g/mol. The molecular formula is C22H26O6. The number of ether oxygens (including phenoxy) is 5. The van der Waals surface area contributed by atoms with Gasteiger partial charge in [0.25, 0.3) is 0 Å². The summed E-state index contributed by atoms with van der Waals surface area (Å²) in [6.07, 6.45) is 1.52. The van der Waals surface area contributed by atoms with Crippen molar-refractivity contribution in [3.63, 3.8) is 0 Å². The van der Waals surface area contributed by atoms with Crippen molar-refractivity contribution >= 4 is 5.97 Å². The molecule has 28 heavy (non-hydrogen) atoms. The molecule has 0 N–H and O–H groups in total. The third-order valence-corrected chi connectivity index (χ3v) is 4.84. The average Bonchev–Trinajstić information content (AvgIpc) is 2.70. The predicted molar refractivity (Wildman–Crippen MR) is 106 cm³/mol. The molecule has 0 amide bonds. The number of benzene rings is 2. The Morgan fingerprint density at radius 2 is 1.57 bits per heavy atom. The molecule has 3 rings (SSSR count). The van der Waals surface area contributed by atoms with Crippen LogP contribution >= 0.6 is 0 Å². The van der Waals surface area contributed by atoms with Gasteiger partial charge in [0.05, 0.1) is 34.5 Å². The first-order chi connectivity index (χ1) is 13.4. The van der Waals surface area contributed by atoms with Gasteiger partial charge in [-0.2, -0.15) is 0 Å². The number of hydrogen-bond acceptors (Lipinski definition) is 6. The lowest BCUT2D eigenvalue weighted by molar-refractivity contribution is 0.0594. The largest absolute Gasteiger partial charge is 0.493 e. The summed E-state index contributed by atoms with van der Waals surface area (Å²) in [5.41, 5.74) is 4.43. The molecule has 150 valence electrons. The van der Waals surface area contributed by atoms with Gasteiger partial charge in [0.15, 0.2) is 11.5 Å². The molecule has 0 aliphatic heterocycles. The molecule has 1 aliphatic rings. The van der Waals surface area contributed by atoms with Gasteiger partial charge in [0, 0.05) is 5.56 Å². The topological polar surface area (TPSA) is 63.2 Å². The second-order valence-corrected chi connectivity index (χ2v) is 6.84. The Morgan fingerprint density at radius 3 is 2.14 bits per heavy atom. The number of fused-ring (bicyclic) bond motifs is 3. The number of aryl methyl sites for hydroxylation is 1. The van der Waals surface area contributed by atoms with Crippen molar-refractivity contribution in [2.45, 2.75) is 32.8 Å². The second kappa shape index (κ2) is 8.00. The van der Waals surface area contributed by atoms with Gasteiger partial charge in [-0.05, 0) is 61.6 Å². The van der Waals surface area contributed by atoms with E-state index in [9.17, 15) is 4.79 Å². The van der Waals surface area contributed by atoms with E-state index >= 15 is 0 Å². The minimum atomic E-state index is -0.432. The summed E-state index contributed by atoms with van der Waals surface area (Å²) in [6.45, 7) is 3.86. The van der Waals surface area contributed by atoms with Crippen LogP contribution in [-0.4, -0.2) is 40.5 Å². The van der Waals surface area contributed by atoms with Gasteiger partial charge in [-0.15, -0.1) is 0 Å². The SMILES string of the molecule is COC(=O)c1cc2c(cc1OC(C)C)CCc1c-2cc(OC)c(OC)c1OC. The highest BCUT2D eigenvalue weighted by molar-refractivity contribution is 5.95. The van der Waals surface area contributed by atoms with Crippen LogP contribution < -0.4 is 18.9 Å². The lowest BCUT2D eigenvalue weighted by atomic mass is 9.83. The van der Waals surface area contributed by atoms with Crippen LogP contribution in [0.15, 0.2) is 18.2 Å². The van der Waals surface area contributed by atoms with Crippen LogP contribution in [0.1, 0.15) is 35.3 Å². The van der Waals surface area contributed by atoms with E-state index in [1.54, 1.807) is 21.3 Å². The van der Waals surface area contributed by atoms with Crippen molar-refractivity contribution in [2.75, 3.05) is 28.4 Å². The van der Waals surface area contributed by atoms with Crippen LogP contribution in [-0.2, 0) is 17.6 Å². The van der Waals surface area contributed by atoms with Crippen LogP contribution in [0.25, 0.3) is 11.1 Å². The summed E-state index contributed by atoms with van der Waals surface area (Å²) in [5.74, 6) is 1.91. The van der Waals surface area contributed by atoms with E-state index in [0.717, 1.165) is 35.1 Å². The Kier molecular flexibility index (Phi) is 5.68. The third-order valence-electron chi connectivity index (χ3n) is 4.84. The van der Waals surface area contributed by atoms with Gasteiger partial charge < -0.3 is 23.7 Å². The van der Waals surface area contributed by atoms with E-state index in [1.165, 1.54) is 7.11 Å². The standard InChI is InChI=1S/C22H26O6/c1-12(2)28-18-9-13-7-8-14-16(15(13)10-17(18)22(23)27-6)11-19(24-3)21(26-5)20(14)25-4/h9-12H,7-8H2,1-6H3. The smallest absolute Gasteiger partial charge is 0.341 e. The molecule has 0 saturated heterocycles. The Labute approximate surface area is 165 Å². The zero-order valence-electron chi connectivity index (χ0n) is 17.2. The lowest BCUT2D eigenvalue weighted by Crippen LogP contribution is -2.14. The van der Waals surface area contributed by atoms with Crippen molar-refractivity contribution in [1.29, 1.82) is 0 Å². The van der Waals surface area contributed by atoms with Gasteiger partial charge in [0.2, 0.25) is 5.75 Å². The maximum absolute atomic E-state index is 12.4. The molecule has 0 aromatic heterocycles. The summed E-state index contributed by atoms with van der Waals surface area (Å²) < 4.78 is 27.5. The lowest BCUT2D eigenvalue weighted by Gasteiger charge is -2.26. The van der Waals surface area contributed by atoms with Crippen LogP contribution in [0.3, 0.4) is 0 Å². The molecule has 2 aromatic rings. The van der Waals surface area contributed by atoms with Crippen molar-refractivity contribution < 1.29 is 28.5 Å². The molecule has 0 radical (unpaired) electrons. The Hall–Kier alpha value is -2.89. The Balaban J connectivity index is 2.26. The molecule has 2 aromatic carbocycles. The van der Waals surface area contributed by atoms with Crippen LogP contribution in [0, 0.1) is 0 Å². The van der Waals surface area contributed by atoms with E-state index in [-0.39, 0.29) is 6.10 Å². The van der Waals surface area contributed by atoms with E-state index in [2.05, 4.69) is 0 Å². The first-order valence-electron chi connectivity index (χ1n) is 9.19.